The molecule has 1 amide bonds. The number of aromatic nitrogens is 2. The lowest BCUT2D eigenvalue weighted by Crippen LogP contribution is -2.23. The van der Waals surface area contributed by atoms with Crippen LogP contribution < -0.4 is 24.2 Å². The molecule has 2 N–H and O–H groups in total. The highest BCUT2D eigenvalue weighted by molar-refractivity contribution is 7.91. The number of rotatable bonds is 9. The number of anilines is 1. The van der Waals surface area contributed by atoms with Gasteiger partial charge < -0.3 is 14.2 Å². The van der Waals surface area contributed by atoms with Crippen molar-refractivity contribution in [1.82, 2.24) is 14.9 Å². The first-order chi connectivity index (χ1) is 15.3. The van der Waals surface area contributed by atoms with Crippen molar-refractivity contribution in [2.24, 2.45) is 0 Å². The number of hydrogen-bond donors (Lipinski definition) is 2. The summed E-state index contributed by atoms with van der Waals surface area (Å²) >= 11 is 0.744. The lowest BCUT2D eigenvalue weighted by Gasteiger charge is -2.15. The van der Waals surface area contributed by atoms with Gasteiger partial charge in [0, 0.05) is 17.7 Å². The van der Waals surface area contributed by atoms with Crippen molar-refractivity contribution in [3.05, 3.63) is 53.1 Å². The van der Waals surface area contributed by atoms with E-state index in [1.165, 1.54) is 21.3 Å². The number of sulfonamides is 1. The quantitative estimate of drug-likeness (QED) is 0.449. The van der Waals surface area contributed by atoms with Crippen LogP contribution in [0.4, 0.5) is 5.13 Å². The Bertz CT molecular complexity index is 1210. The van der Waals surface area contributed by atoms with Crippen molar-refractivity contribution in [1.29, 1.82) is 0 Å². The van der Waals surface area contributed by atoms with E-state index >= 15 is 0 Å². The molecule has 32 heavy (non-hydrogen) atoms. The summed E-state index contributed by atoms with van der Waals surface area (Å²) in [5.74, 6) is 0.740. The van der Waals surface area contributed by atoms with E-state index in [9.17, 15) is 13.2 Å². The Balaban J connectivity index is 1.72. The minimum absolute atomic E-state index is 0.0691. The Kier molecular flexibility index (Phi) is 7.28. The molecule has 0 aliphatic carbocycles. The third-order valence-corrected chi connectivity index (χ3v) is 7.02. The van der Waals surface area contributed by atoms with Crippen LogP contribution in [0.2, 0.25) is 0 Å². The van der Waals surface area contributed by atoms with E-state index in [0.717, 1.165) is 16.9 Å². The van der Waals surface area contributed by atoms with Crippen LogP contribution in [0.5, 0.6) is 17.2 Å². The standard InChI is InChI=1S/C20H22N4O6S2/c1-12-5-7-13(8-6-12)18(25)22-19-23-24-20(31-19)32(26,27)21-11-14-9-10-15(28-2)17(30-4)16(14)29-3/h5-10,21H,11H2,1-4H3,(H,22,23,25). The predicted octanol–water partition coefficient (Wildman–Crippen LogP) is 2.60. The number of carbonyl (C=O) groups is 1. The van der Waals surface area contributed by atoms with Gasteiger partial charge in [0.05, 0.1) is 21.3 Å². The number of carbonyl (C=O) groups excluding carboxylic acids is 1. The molecule has 3 rings (SSSR count). The first kappa shape index (κ1) is 23.4. The van der Waals surface area contributed by atoms with Crippen LogP contribution in [0.15, 0.2) is 40.7 Å². The molecular weight excluding hydrogens is 456 g/mol. The maximum Gasteiger partial charge on any atom is 0.270 e. The van der Waals surface area contributed by atoms with Crippen molar-refractivity contribution in [2.45, 2.75) is 17.8 Å². The van der Waals surface area contributed by atoms with E-state index < -0.39 is 15.9 Å². The average molecular weight is 479 g/mol. The monoisotopic (exact) mass is 478 g/mol. The zero-order valence-electron chi connectivity index (χ0n) is 17.8. The molecule has 10 nitrogen and oxygen atoms in total. The molecule has 0 bridgehead atoms. The highest BCUT2D eigenvalue weighted by atomic mass is 32.2. The molecule has 0 atom stereocenters. The first-order valence-electron chi connectivity index (χ1n) is 9.28. The molecule has 0 saturated carbocycles. The molecule has 12 heteroatoms. The summed E-state index contributed by atoms with van der Waals surface area (Å²) < 4.78 is 43.4. The maximum atomic E-state index is 12.7. The molecule has 0 saturated heterocycles. The van der Waals surface area contributed by atoms with Gasteiger partial charge in [-0.1, -0.05) is 35.1 Å². The molecule has 0 unspecified atom stereocenters. The largest absolute Gasteiger partial charge is 0.493 e. The van der Waals surface area contributed by atoms with E-state index in [4.69, 9.17) is 14.2 Å². The number of methoxy groups -OCH3 is 3. The van der Waals surface area contributed by atoms with Crippen molar-refractivity contribution in [2.75, 3.05) is 26.6 Å². The number of hydrogen-bond acceptors (Lipinski definition) is 9. The molecular formula is C20H22N4O6S2. The predicted molar refractivity (Wildman–Crippen MR) is 119 cm³/mol. The molecule has 1 aromatic heterocycles. The Morgan fingerprint density at radius 2 is 1.66 bits per heavy atom. The number of aryl methyl sites for hydroxylation is 1. The fraction of sp³-hybridized carbons (Fsp3) is 0.250. The summed E-state index contributed by atoms with van der Waals surface area (Å²) in [7, 11) is 0.410. The Labute approximate surface area is 189 Å². The van der Waals surface area contributed by atoms with Gasteiger partial charge in [0.25, 0.3) is 15.9 Å². The summed E-state index contributed by atoms with van der Waals surface area (Å²) in [5, 5.41) is 10.1. The van der Waals surface area contributed by atoms with Gasteiger partial charge in [-0.2, -0.15) is 0 Å². The normalized spacial score (nSPS) is 11.1. The Morgan fingerprint density at radius 1 is 0.969 bits per heavy atom. The van der Waals surface area contributed by atoms with Gasteiger partial charge in [-0.05, 0) is 25.1 Å². The van der Waals surface area contributed by atoms with Gasteiger partial charge in [-0.25, -0.2) is 13.1 Å². The molecule has 3 aromatic rings. The molecule has 170 valence electrons. The van der Waals surface area contributed by atoms with Crippen LogP contribution >= 0.6 is 11.3 Å². The van der Waals surface area contributed by atoms with Gasteiger partial charge in [0.1, 0.15) is 0 Å². The smallest absolute Gasteiger partial charge is 0.270 e. The minimum atomic E-state index is -3.99. The molecule has 2 aromatic carbocycles. The molecule has 0 fully saturated rings. The summed E-state index contributed by atoms with van der Waals surface area (Å²) in [4.78, 5) is 12.3. The lowest BCUT2D eigenvalue weighted by molar-refractivity contribution is 0.102. The van der Waals surface area contributed by atoms with Crippen LogP contribution in [-0.4, -0.2) is 45.9 Å². The first-order valence-corrected chi connectivity index (χ1v) is 11.6. The number of nitrogens with one attached hydrogen (secondary N) is 2. The zero-order chi connectivity index (χ0) is 23.3. The second-order valence-corrected chi connectivity index (χ2v) is 9.43. The van der Waals surface area contributed by atoms with Crippen molar-refractivity contribution in [3.8, 4) is 17.2 Å². The molecule has 0 aliphatic heterocycles. The minimum Gasteiger partial charge on any atom is -0.493 e. The van der Waals surface area contributed by atoms with Crippen LogP contribution in [0.25, 0.3) is 0 Å². The fourth-order valence-electron chi connectivity index (χ4n) is 2.78. The van der Waals surface area contributed by atoms with Crippen LogP contribution in [0.3, 0.4) is 0 Å². The SMILES string of the molecule is COc1ccc(CNS(=O)(=O)c2nnc(NC(=O)c3ccc(C)cc3)s2)c(OC)c1OC. The Hall–Kier alpha value is -3.22. The van der Waals surface area contributed by atoms with Crippen molar-refractivity contribution in [3.63, 3.8) is 0 Å². The molecule has 0 radical (unpaired) electrons. The Morgan fingerprint density at radius 3 is 2.28 bits per heavy atom. The summed E-state index contributed by atoms with van der Waals surface area (Å²) in [5.41, 5.74) is 1.98. The zero-order valence-corrected chi connectivity index (χ0v) is 19.5. The molecule has 0 spiro atoms. The number of nitrogens with zero attached hydrogens (tertiary/aromatic N) is 2. The second-order valence-electron chi connectivity index (χ2n) is 6.51. The van der Waals surface area contributed by atoms with Crippen molar-refractivity contribution >= 4 is 32.4 Å². The van der Waals surface area contributed by atoms with Crippen LogP contribution in [-0.2, 0) is 16.6 Å². The van der Waals surface area contributed by atoms with Crippen LogP contribution in [0.1, 0.15) is 21.5 Å². The average Bonchev–Trinajstić information content (AvgIpc) is 3.26. The number of amides is 1. The van der Waals surface area contributed by atoms with Gasteiger partial charge >= 0.3 is 0 Å². The summed E-state index contributed by atoms with van der Waals surface area (Å²) in [6.45, 7) is 1.82. The third kappa shape index (κ3) is 5.15. The van der Waals surface area contributed by atoms with Gasteiger partial charge in [0.15, 0.2) is 11.5 Å². The second kappa shape index (κ2) is 9.94. The lowest BCUT2D eigenvalue weighted by atomic mass is 10.1. The van der Waals surface area contributed by atoms with Gasteiger partial charge in [-0.3, -0.25) is 10.1 Å². The van der Waals surface area contributed by atoms with E-state index in [2.05, 4.69) is 20.2 Å². The highest BCUT2D eigenvalue weighted by Crippen LogP contribution is 2.39. The van der Waals surface area contributed by atoms with Gasteiger partial charge in [-0.15, -0.1) is 10.2 Å². The van der Waals surface area contributed by atoms with Crippen LogP contribution in [0, 0.1) is 6.92 Å². The summed E-state index contributed by atoms with van der Waals surface area (Å²) in [6, 6.07) is 10.3. The number of ether oxygens (including phenoxy) is 3. The molecule has 0 aliphatic rings. The third-order valence-electron chi connectivity index (χ3n) is 4.41. The van der Waals surface area contributed by atoms with Crippen molar-refractivity contribution < 1.29 is 27.4 Å². The summed E-state index contributed by atoms with van der Waals surface area (Å²) in [6.07, 6.45) is 0. The highest BCUT2D eigenvalue weighted by Gasteiger charge is 2.23. The molecule has 1 heterocycles. The van der Waals surface area contributed by atoms with E-state index in [0.29, 0.717) is 28.4 Å². The topological polar surface area (TPSA) is 129 Å². The van der Waals surface area contributed by atoms with E-state index in [1.54, 1.807) is 36.4 Å². The maximum absolute atomic E-state index is 12.7. The van der Waals surface area contributed by atoms with E-state index in [-0.39, 0.29) is 16.0 Å². The fourth-order valence-corrected chi connectivity index (χ4v) is 4.72. The number of benzene rings is 2. The van der Waals surface area contributed by atoms with Gasteiger partial charge in [0.2, 0.25) is 15.2 Å². The van der Waals surface area contributed by atoms with E-state index in [1.807, 2.05) is 6.92 Å².